The zero-order valence-corrected chi connectivity index (χ0v) is 18.1. The van der Waals surface area contributed by atoms with Crippen LogP contribution >= 0.6 is 0 Å². The number of dihydropyridines is 1. The molecule has 168 valence electrons. The van der Waals surface area contributed by atoms with E-state index in [1.165, 1.54) is 12.1 Å². The van der Waals surface area contributed by atoms with Crippen molar-refractivity contribution in [3.8, 4) is 0 Å². The number of primary amides is 1. The topological polar surface area (TPSA) is 105 Å². The van der Waals surface area contributed by atoms with Crippen molar-refractivity contribution in [2.45, 2.75) is 5.41 Å². The van der Waals surface area contributed by atoms with Crippen molar-refractivity contribution in [3.05, 3.63) is 102 Å². The van der Waals surface area contributed by atoms with Crippen molar-refractivity contribution >= 4 is 40.1 Å². The van der Waals surface area contributed by atoms with Gasteiger partial charge in [0.05, 0.1) is 17.8 Å². The molecule has 0 fully saturated rings. The molecule has 0 radical (unpaired) electrons. The van der Waals surface area contributed by atoms with Crippen molar-refractivity contribution in [3.63, 3.8) is 0 Å². The summed E-state index contributed by atoms with van der Waals surface area (Å²) in [6.45, 7) is 0.179. The number of carbonyl (C=O) groups excluding carboxylic acids is 1. The average molecular weight is 452 g/mol. The smallest absolute Gasteiger partial charge is 0.233 e. The SMILES string of the molecule is NC(=O)C1(c2cccc(Nc3ccncc3)c2)C=C(Nc2ccnc3ccc(F)cc23)C=NC1. The molecule has 1 unspecified atom stereocenters. The third-order valence-corrected chi connectivity index (χ3v) is 5.74. The first-order valence-electron chi connectivity index (χ1n) is 10.6. The Bertz CT molecular complexity index is 1440. The van der Waals surface area contributed by atoms with Crippen LogP contribution in [0.2, 0.25) is 0 Å². The molecule has 2 aromatic carbocycles. The Kier molecular flexibility index (Phi) is 5.47. The van der Waals surface area contributed by atoms with E-state index in [2.05, 4.69) is 25.6 Å². The molecule has 8 heteroatoms. The molecule has 5 rings (SSSR count). The standard InChI is InChI=1S/C26H21FN6O/c27-18-4-5-23-22(13-18)24(8-11-31-23)33-21-14-26(25(28)34,16-30-15-21)17-2-1-3-20(12-17)32-19-6-9-29-10-7-19/h1-15H,16H2,(H2,28,34)(H,29,32)(H,31,33). The molecule has 3 heterocycles. The summed E-state index contributed by atoms with van der Waals surface area (Å²) in [7, 11) is 0. The number of amides is 1. The van der Waals surface area contributed by atoms with Gasteiger partial charge in [0.25, 0.3) is 0 Å². The molecule has 0 spiro atoms. The van der Waals surface area contributed by atoms with Crippen LogP contribution in [0.5, 0.6) is 0 Å². The van der Waals surface area contributed by atoms with Crippen LogP contribution in [-0.4, -0.2) is 28.6 Å². The number of halogens is 1. The molecule has 0 saturated heterocycles. The highest BCUT2D eigenvalue weighted by Crippen LogP contribution is 2.33. The first-order valence-corrected chi connectivity index (χ1v) is 10.6. The first-order chi connectivity index (χ1) is 16.5. The minimum absolute atomic E-state index is 0.179. The predicted molar refractivity (Wildman–Crippen MR) is 132 cm³/mol. The molecule has 0 bridgehead atoms. The highest BCUT2D eigenvalue weighted by molar-refractivity contribution is 5.98. The Morgan fingerprint density at radius 2 is 1.82 bits per heavy atom. The quantitative estimate of drug-likeness (QED) is 0.404. The molecule has 4 aromatic rings. The minimum Gasteiger partial charge on any atom is -0.369 e. The van der Waals surface area contributed by atoms with Crippen LogP contribution in [0.15, 0.2) is 96.0 Å². The van der Waals surface area contributed by atoms with E-state index in [4.69, 9.17) is 5.73 Å². The molecule has 0 saturated carbocycles. The zero-order valence-electron chi connectivity index (χ0n) is 18.1. The van der Waals surface area contributed by atoms with Crippen molar-refractivity contribution in [2.24, 2.45) is 10.7 Å². The maximum Gasteiger partial charge on any atom is 0.233 e. The largest absolute Gasteiger partial charge is 0.369 e. The van der Waals surface area contributed by atoms with Crippen molar-refractivity contribution in [2.75, 3.05) is 17.2 Å². The number of nitrogens with one attached hydrogen (secondary N) is 2. The summed E-state index contributed by atoms with van der Waals surface area (Å²) in [5.41, 5.74) is 9.04. The number of benzene rings is 2. The van der Waals surface area contributed by atoms with Gasteiger partial charge in [-0.05, 0) is 60.2 Å². The number of fused-ring (bicyclic) bond motifs is 1. The second-order valence-corrected chi connectivity index (χ2v) is 7.99. The molecule has 7 nitrogen and oxygen atoms in total. The molecule has 1 aliphatic rings. The van der Waals surface area contributed by atoms with E-state index in [0.29, 0.717) is 27.9 Å². The van der Waals surface area contributed by atoms with Gasteiger partial charge in [0.1, 0.15) is 11.2 Å². The van der Waals surface area contributed by atoms with E-state index in [-0.39, 0.29) is 12.4 Å². The minimum atomic E-state index is -1.15. The molecular formula is C26H21FN6O. The average Bonchev–Trinajstić information content (AvgIpc) is 2.85. The van der Waals surface area contributed by atoms with Crippen LogP contribution in [-0.2, 0) is 10.2 Å². The Hall–Kier alpha value is -4.59. The highest BCUT2D eigenvalue weighted by atomic mass is 19.1. The number of carbonyl (C=O) groups is 1. The second kappa shape index (κ2) is 8.74. The Labute approximate surface area is 195 Å². The van der Waals surface area contributed by atoms with Crippen molar-refractivity contribution < 1.29 is 9.18 Å². The third kappa shape index (κ3) is 4.09. The number of aliphatic imine (C=N–C) groups is 1. The van der Waals surface area contributed by atoms with Gasteiger partial charge in [-0.15, -0.1) is 0 Å². The third-order valence-electron chi connectivity index (χ3n) is 5.74. The van der Waals surface area contributed by atoms with Gasteiger partial charge in [0.15, 0.2) is 0 Å². The molecular weight excluding hydrogens is 431 g/mol. The summed E-state index contributed by atoms with van der Waals surface area (Å²) in [6, 6.07) is 17.4. The van der Waals surface area contributed by atoms with E-state index in [1.807, 2.05) is 36.4 Å². The zero-order chi connectivity index (χ0) is 23.5. The summed E-state index contributed by atoms with van der Waals surface area (Å²) in [5.74, 6) is -0.879. The number of pyridine rings is 2. The van der Waals surface area contributed by atoms with Gasteiger partial charge in [0.2, 0.25) is 5.91 Å². The van der Waals surface area contributed by atoms with Crippen LogP contribution in [0.1, 0.15) is 5.56 Å². The lowest BCUT2D eigenvalue weighted by atomic mass is 9.77. The van der Waals surface area contributed by atoms with E-state index in [9.17, 15) is 9.18 Å². The predicted octanol–water partition coefficient (Wildman–Crippen LogP) is 4.32. The first kappa shape index (κ1) is 21.3. The van der Waals surface area contributed by atoms with Crippen molar-refractivity contribution in [1.82, 2.24) is 9.97 Å². The van der Waals surface area contributed by atoms with Gasteiger partial charge in [-0.2, -0.15) is 0 Å². The number of allylic oxidation sites excluding steroid dienone is 1. The molecule has 2 aromatic heterocycles. The second-order valence-electron chi connectivity index (χ2n) is 7.99. The molecule has 4 N–H and O–H groups in total. The Morgan fingerprint density at radius 1 is 0.971 bits per heavy atom. The summed E-state index contributed by atoms with van der Waals surface area (Å²) in [4.78, 5) is 25.5. The Morgan fingerprint density at radius 3 is 2.65 bits per heavy atom. The van der Waals surface area contributed by atoms with E-state index < -0.39 is 11.3 Å². The van der Waals surface area contributed by atoms with E-state index in [0.717, 1.165) is 11.4 Å². The fourth-order valence-corrected chi connectivity index (χ4v) is 4.03. The van der Waals surface area contributed by atoms with Crippen molar-refractivity contribution in [1.29, 1.82) is 0 Å². The molecule has 34 heavy (non-hydrogen) atoms. The number of hydrogen-bond acceptors (Lipinski definition) is 6. The highest BCUT2D eigenvalue weighted by Gasteiger charge is 2.38. The van der Waals surface area contributed by atoms with E-state index in [1.54, 1.807) is 43.0 Å². The van der Waals surface area contributed by atoms with Gasteiger partial charge >= 0.3 is 0 Å². The van der Waals surface area contributed by atoms with Gasteiger partial charge in [-0.3, -0.25) is 19.8 Å². The number of hydrogen-bond donors (Lipinski definition) is 3. The van der Waals surface area contributed by atoms with Crippen LogP contribution in [0.4, 0.5) is 21.5 Å². The van der Waals surface area contributed by atoms with Crippen LogP contribution in [0.25, 0.3) is 10.9 Å². The molecule has 1 aliphatic heterocycles. The van der Waals surface area contributed by atoms with Crippen LogP contribution < -0.4 is 16.4 Å². The molecule has 1 atom stereocenters. The fraction of sp³-hybridized carbons (Fsp3) is 0.0769. The Balaban J connectivity index is 1.51. The maximum atomic E-state index is 13.9. The lowest BCUT2D eigenvalue weighted by Crippen LogP contribution is -2.44. The van der Waals surface area contributed by atoms with E-state index >= 15 is 0 Å². The normalized spacial score (nSPS) is 17.3. The number of nitrogens with zero attached hydrogens (tertiary/aromatic N) is 3. The number of rotatable bonds is 6. The van der Waals surface area contributed by atoms with Gasteiger partial charge in [-0.25, -0.2) is 4.39 Å². The molecule has 1 amide bonds. The van der Waals surface area contributed by atoms with Gasteiger partial charge in [0, 0.05) is 47.3 Å². The fourth-order valence-electron chi connectivity index (χ4n) is 4.03. The summed E-state index contributed by atoms with van der Waals surface area (Å²) in [5, 5.41) is 7.19. The van der Waals surface area contributed by atoms with Gasteiger partial charge in [-0.1, -0.05) is 12.1 Å². The monoisotopic (exact) mass is 452 g/mol. The maximum absolute atomic E-state index is 13.9. The lowest BCUT2D eigenvalue weighted by Gasteiger charge is -2.30. The summed E-state index contributed by atoms with van der Waals surface area (Å²) < 4.78 is 13.9. The van der Waals surface area contributed by atoms with Crippen LogP contribution in [0, 0.1) is 5.82 Å². The summed E-state index contributed by atoms with van der Waals surface area (Å²) in [6.07, 6.45) is 8.45. The summed E-state index contributed by atoms with van der Waals surface area (Å²) >= 11 is 0. The van der Waals surface area contributed by atoms with Gasteiger partial charge < -0.3 is 16.4 Å². The molecule has 0 aliphatic carbocycles. The lowest BCUT2D eigenvalue weighted by molar-refractivity contribution is -0.121. The number of aromatic nitrogens is 2. The number of anilines is 3. The number of nitrogens with two attached hydrogens (primary N) is 1. The van der Waals surface area contributed by atoms with Crippen LogP contribution in [0.3, 0.4) is 0 Å².